The molecule has 0 bridgehead atoms. The zero-order valence-electron chi connectivity index (χ0n) is 24.1. The van der Waals surface area contributed by atoms with Crippen LogP contribution in [0, 0.1) is 6.92 Å². The third kappa shape index (κ3) is 4.52. The molecule has 0 saturated heterocycles. The number of hydrogen-bond donors (Lipinski definition) is 0. The average Bonchev–Trinajstić information content (AvgIpc) is 3.42. The number of rotatable bonds is 5. The number of para-hydroxylation sites is 1. The van der Waals surface area contributed by atoms with Crippen molar-refractivity contribution >= 4 is 21.8 Å². The maximum atomic E-state index is 5.03. The highest BCUT2D eigenvalue weighted by molar-refractivity contribution is 6.09. The normalized spacial score (nSPS) is 11.3. The molecule has 8 rings (SSSR count). The van der Waals surface area contributed by atoms with Gasteiger partial charge in [0.05, 0.1) is 16.7 Å². The summed E-state index contributed by atoms with van der Waals surface area (Å²) in [6, 6.07) is 47.8. The van der Waals surface area contributed by atoms with Gasteiger partial charge in [0.2, 0.25) is 0 Å². The Kier molecular flexibility index (Phi) is 6.27. The SMILES string of the molecule is Cc1ccc2c(c1)c1ccccc1n2-c1ccc(-c2nc(-c3ccccc3)nc(-c3ccccc3)n2)c(-c2ccccn2)c1. The fourth-order valence-corrected chi connectivity index (χ4v) is 5.89. The summed E-state index contributed by atoms with van der Waals surface area (Å²) < 4.78 is 2.33. The molecule has 5 heteroatoms. The fraction of sp³-hybridized carbons (Fsp3) is 0.0256. The van der Waals surface area contributed by atoms with E-state index in [1.165, 1.54) is 16.3 Å². The minimum absolute atomic E-state index is 0.600. The van der Waals surface area contributed by atoms with E-state index in [1.54, 1.807) is 0 Å². The van der Waals surface area contributed by atoms with Gasteiger partial charge in [-0.15, -0.1) is 0 Å². The first kappa shape index (κ1) is 25.7. The predicted octanol–water partition coefficient (Wildman–Crippen LogP) is 9.34. The van der Waals surface area contributed by atoms with Crippen molar-refractivity contribution in [3.05, 3.63) is 151 Å². The second-order valence-corrected chi connectivity index (χ2v) is 10.9. The molecule has 44 heavy (non-hydrogen) atoms. The van der Waals surface area contributed by atoms with Crippen molar-refractivity contribution in [1.82, 2.24) is 24.5 Å². The Bertz CT molecular complexity index is 2220. The van der Waals surface area contributed by atoms with Gasteiger partial charge in [0, 0.05) is 44.9 Å². The van der Waals surface area contributed by atoms with Crippen LogP contribution >= 0.6 is 0 Å². The molecule has 0 fully saturated rings. The lowest BCUT2D eigenvalue weighted by atomic mass is 10.0. The van der Waals surface area contributed by atoms with Crippen LogP contribution in [-0.4, -0.2) is 24.5 Å². The minimum atomic E-state index is 0.600. The van der Waals surface area contributed by atoms with Crippen molar-refractivity contribution < 1.29 is 0 Å². The molecule has 0 saturated carbocycles. The van der Waals surface area contributed by atoms with Gasteiger partial charge in [0.1, 0.15) is 0 Å². The van der Waals surface area contributed by atoms with Crippen molar-refractivity contribution in [2.75, 3.05) is 0 Å². The van der Waals surface area contributed by atoms with Crippen LogP contribution < -0.4 is 0 Å². The van der Waals surface area contributed by atoms with Crippen LogP contribution in [0.15, 0.2) is 146 Å². The number of nitrogens with zero attached hydrogens (tertiary/aromatic N) is 5. The zero-order chi connectivity index (χ0) is 29.5. The lowest BCUT2D eigenvalue weighted by Crippen LogP contribution is -2.02. The number of benzene rings is 5. The molecule has 0 aliphatic heterocycles. The summed E-state index contributed by atoms with van der Waals surface area (Å²) in [5.41, 5.74) is 9.17. The average molecular weight is 566 g/mol. The van der Waals surface area contributed by atoms with Crippen LogP contribution in [0.3, 0.4) is 0 Å². The van der Waals surface area contributed by atoms with E-state index in [9.17, 15) is 0 Å². The summed E-state index contributed by atoms with van der Waals surface area (Å²) >= 11 is 0. The lowest BCUT2D eigenvalue weighted by molar-refractivity contribution is 1.07. The van der Waals surface area contributed by atoms with E-state index in [2.05, 4.69) is 72.2 Å². The Hall–Kier alpha value is -5.94. The highest BCUT2D eigenvalue weighted by Gasteiger charge is 2.19. The first-order valence-electron chi connectivity index (χ1n) is 14.7. The third-order valence-corrected chi connectivity index (χ3v) is 7.97. The molecule has 0 aliphatic rings. The highest BCUT2D eigenvalue weighted by Crippen LogP contribution is 2.37. The molecule has 0 N–H and O–H groups in total. The van der Waals surface area contributed by atoms with Crippen LogP contribution in [-0.2, 0) is 0 Å². The van der Waals surface area contributed by atoms with Gasteiger partial charge in [-0.05, 0) is 55.5 Å². The molecule has 3 aromatic heterocycles. The monoisotopic (exact) mass is 565 g/mol. The fourth-order valence-electron chi connectivity index (χ4n) is 5.89. The van der Waals surface area contributed by atoms with Crippen molar-refractivity contribution in [2.45, 2.75) is 6.92 Å². The maximum Gasteiger partial charge on any atom is 0.164 e. The second kappa shape index (κ2) is 10.7. The van der Waals surface area contributed by atoms with E-state index in [4.69, 9.17) is 19.9 Å². The summed E-state index contributed by atoms with van der Waals surface area (Å²) in [7, 11) is 0. The Morgan fingerprint density at radius 3 is 1.82 bits per heavy atom. The molecule has 208 valence electrons. The van der Waals surface area contributed by atoms with E-state index >= 15 is 0 Å². The van der Waals surface area contributed by atoms with Gasteiger partial charge >= 0.3 is 0 Å². The van der Waals surface area contributed by atoms with Crippen LogP contribution in [0.1, 0.15) is 5.56 Å². The molecule has 0 atom stereocenters. The summed E-state index contributed by atoms with van der Waals surface area (Å²) in [6.45, 7) is 2.14. The molecule has 0 spiro atoms. The molecule has 0 aliphatic carbocycles. The minimum Gasteiger partial charge on any atom is -0.309 e. The van der Waals surface area contributed by atoms with Crippen LogP contribution in [0.25, 0.3) is 72.9 Å². The quantitative estimate of drug-likeness (QED) is 0.209. The molecular weight excluding hydrogens is 538 g/mol. The van der Waals surface area contributed by atoms with Crippen molar-refractivity contribution in [3.63, 3.8) is 0 Å². The van der Waals surface area contributed by atoms with Gasteiger partial charge in [0.15, 0.2) is 17.5 Å². The second-order valence-electron chi connectivity index (χ2n) is 10.9. The predicted molar refractivity (Wildman–Crippen MR) is 178 cm³/mol. The third-order valence-electron chi connectivity index (χ3n) is 7.97. The summed E-state index contributed by atoms with van der Waals surface area (Å²) in [5, 5.41) is 2.47. The number of aryl methyl sites for hydroxylation is 1. The van der Waals surface area contributed by atoms with Crippen LogP contribution in [0.5, 0.6) is 0 Å². The van der Waals surface area contributed by atoms with Gasteiger partial charge in [-0.1, -0.05) is 96.6 Å². The smallest absolute Gasteiger partial charge is 0.164 e. The molecule has 0 unspecified atom stereocenters. The van der Waals surface area contributed by atoms with Gasteiger partial charge in [-0.25, -0.2) is 15.0 Å². The Labute approximate surface area is 255 Å². The van der Waals surface area contributed by atoms with Crippen LogP contribution in [0.4, 0.5) is 0 Å². The van der Waals surface area contributed by atoms with Crippen molar-refractivity contribution in [3.8, 4) is 51.1 Å². The van der Waals surface area contributed by atoms with Crippen molar-refractivity contribution in [1.29, 1.82) is 0 Å². The van der Waals surface area contributed by atoms with E-state index in [1.807, 2.05) is 85.1 Å². The number of hydrogen-bond acceptors (Lipinski definition) is 4. The van der Waals surface area contributed by atoms with Gasteiger partial charge < -0.3 is 4.57 Å². The van der Waals surface area contributed by atoms with Crippen LogP contribution in [0.2, 0.25) is 0 Å². The molecule has 3 heterocycles. The first-order chi connectivity index (χ1) is 21.7. The molecular formula is C39H27N5. The first-order valence-corrected chi connectivity index (χ1v) is 14.7. The molecule has 5 aromatic carbocycles. The molecule has 5 nitrogen and oxygen atoms in total. The topological polar surface area (TPSA) is 56.5 Å². The highest BCUT2D eigenvalue weighted by atomic mass is 15.0. The summed E-state index contributed by atoms with van der Waals surface area (Å²) in [6.07, 6.45) is 1.83. The van der Waals surface area contributed by atoms with Gasteiger partial charge in [-0.2, -0.15) is 0 Å². The van der Waals surface area contributed by atoms with E-state index in [-0.39, 0.29) is 0 Å². The molecule has 8 aromatic rings. The van der Waals surface area contributed by atoms with Gasteiger partial charge in [0.25, 0.3) is 0 Å². The number of aromatic nitrogens is 5. The molecule has 0 radical (unpaired) electrons. The Morgan fingerprint density at radius 2 is 1.11 bits per heavy atom. The standard InChI is InChI=1S/C39H27N5/c1-26-19-22-36-33(24-26)30-16-8-9-18-35(30)44(36)29-20-21-31(32(25-29)34-17-10-11-23-40-34)39-42-37(27-12-4-2-5-13-27)41-38(43-39)28-14-6-3-7-15-28/h2-25H,1H3. The Morgan fingerprint density at radius 1 is 0.477 bits per heavy atom. The van der Waals surface area contributed by atoms with Gasteiger partial charge in [-0.3, -0.25) is 4.98 Å². The largest absolute Gasteiger partial charge is 0.309 e. The van der Waals surface area contributed by atoms with E-state index in [0.29, 0.717) is 17.5 Å². The van der Waals surface area contributed by atoms with E-state index in [0.717, 1.165) is 44.7 Å². The van der Waals surface area contributed by atoms with E-state index < -0.39 is 0 Å². The molecule has 0 amide bonds. The Balaban J connectivity index is 1.39. The zero-order valence-corrected chi connectivity index (χ0v) is 24.1. The van der Waals surface area contributed by atoms with Crippen molar-refractivity contribution in [2.24, 2.45) is 0 Å². The number of pyridine rings is 1. The summed E-state index contributed by atoms with van der Waals surface area (Å²) in [4.78, 5) is 19.7. The summed E-state index contributed by atoms with van der Waals surface area (Å²) in [5.74, 6) is 1.86. The lowest BCUT2D eigenvalue weighted by Gasteiger charge is -2.15. The number of fused-ring (bicyclic) bond motifs is 3. The maximum absolute atomic E-state index is 5.03.